The van der Waals surface area contributed by atoms with Crippen molar-refractivity contribution in [3.63, 3.8) is 0 Å². The van der Waals surface area contributed by atoms with E-state index in [-0.39, 0.29) is 17.1 Å². The number of carbonyl (C=O) groups is 1. The van der Waals surface area contributed by atoms with Gasteiger partial charge in [-0.05, 0) is 30.4 Å². The molecule has 1 saturated carbocycles. The summed E-state index contributed by atoms with van der Waals surface area (Å²) in [6, 6.07) is 7.64. The zero-order valence-electron chi connectivity index (χ0n) is 11.5. The lowest BCUT2D eigenvalue weighted by molar-refractivity contribution is -0.125. The van der Waals surface area contributed by atoms with E-state index < -0.39 is 0 Å². The third kappa shape index (κ3) is 2.29. The van der Waals surface area contributed by atoms with Crippen molar-refractivity contribution in [2.24, 2.45) is 11.3 Å². The standard InChI is InChI=1S/C16H19NO2/c1-16(2)9-5-6-11(16)13(18)10-15-17-12-7-3-4-8-14(12)19-15/h3-4,7-8,11H,5-6,9-10H2,1-2H3. The van der Waals surface area contributed by atoms with Gasteiger partial charge in [-0.25, -0.2) is 4.98 Å². The van der Waals surface area contributed by atoms with Crippen LogP contribution in [0.15, 0.2) is 28.7 Å². The minimum Gasteiger partial charge on any atom is -0.440 e. The molecule has 0 aliphatic heterocycles. The molecule has 0 spiro atoms. The summed E-state index contributed by atoms with van der Waals surface area (Å²) in [4.78, 5) is 16.8. The lowest BCUT2D eigenvalue weighted by atomic mass is 9.78. The van der Waals surface area contributed by atoms with Crippen molar-refractivity contribution in [2.75, 3.05) is 0 Å². The van der Waals surface area contributed by atoms with Gasteiger partial charge in [0.15, 0.2) is 5.58 Å². The van der Waals surface area contributed by atoms with Gasteiger partial charge in [0.05, 0.1) is 6.42 Å². The molecule has 0 N–H and O–H groups in total. The Morgan fingerprint density at radius 2 is 2.21 bits per heavy atom. The molecule has 2 aromatic rings. The molecule has 1 heterocycles. The average Bonchev–Trinajstić information content (AvgIpc) is 2.90. The first-order chi connectivity index (χ1) is 9.06. The number of oxazole rings is 1. The Morgan fingerprint density at radius 1 is 1.42 bits per heavy atom. The number of fused-ring (bicyclic) bond motifs is 1. The van der Waals surface area contributed by atoms with Gasteiger partial charge in [0, 0.05) is 5.92 Å². The summed E-state index contributed by atoms with van der Waals surface area (Å²) in [7, 11) is 0. The maximum Gasteiger partial charge on any atom is 0.202 e. The zero-order chi connectivity index (χ0) is 13.5. The number of Topliss-reactive ketones (excluding diaryl/α,β-unsaturated/α-hetero) is 1. The maximum atomic E-state index is 12.4. The Hall–Kier alpha value is -1.64. The first kappa shape index (κ1) is 12.4. The van der Waals surface area contributed by atoms with Crippen LogP contribution in [0, 0.1) is 11.3 Å². The highest BCUT2D eigenvalue weighted by molar-refractivity contribution is 5.84. The van der Waals surface area contributed by atoms with Crippen LogP contribution in [0.1, 0.15) is 39.0 Å². The van der Waals surface area contributed by atoms with Gasteiger partial charge in [-0.2, -0.15) is 0 Å². The van der Waals surface area contributed by atoms with Gasteiger partial charge in [-0.15, -0.1) is 0 Å². The molecule has 0 bridgehead atoms. The molecule has 19 heavy (non-hydrogen) atoms. The van der Waals surface area contributed by atoms with Crippen molar-refractivity contribution in [1.29, 1.82) is 0 Å². The van der Waals surface area contributed by atoms with Crippen molar-refractivity contribution in [3.8, 4) is 0 Å². The van der Waals surface area contributed by atoms with Crippen molar-refractivity contribution in [2.45, 2.75) is 39.5 Å². The van der Waals surface area contributed by atoms with Crippen LogP contribution in [-0.4, -0.2) is 10.8 Å². The van der Waals surface area contributed by atoms with E-state index in [1.165, 1.54) is 0 Å². The van der Waals surface area contributed by atoms with Gasteiger partial charge in [-0.3, -0.25) is 4.79 Å². The molecule has 1 aromatic carbocycles. The lowest BCUT2D eigenvalue weighted by Crippen LogP contribution is -2.27. The van der Waals surface area contributed by atoms with Crippen LogP contribution in [0.5, 0.6) is 0 Å². The van der Waals surface area contributed by atoms with E-state index in [1.807, 2.05) is 24.3 Å². The predicted octanol–water partition coefficient (Wildman–Crippen LogP) is 3.77. The minimum absolute atomic E-state index is 0.128. The Labute approximate surface area is 113 Å². The number of carbonyl (C=O) groups excluding carboxylic acids is 1. The molecule has 1 aliphatic rings. The summed E-state index contributed by atoms with van der Waals surface area (Å²) in [5.74, 6) is 0.977. The second-order valence-electron chi connectivity index (χ2n) is 6.15. The molecule has 0 amide bonds. The number of hydrogen-bond acceptors (Lipinski definition) is 3. The molecule has 0 saturated heterocycles. The third-order valence-corrected chi connectivity index (χ3v) is 4.31. The van der Waals surface area contributed by atoms with Gasteiger partial charge < -0.3 is 4.42 Å². The van der Waals surface area contributed by atoms with Crippen LogP contribution < -0.4 is 0 Å². The summed E-state index contributed by atoms with van der Waals surface area (Å²) in [6.07, 6.45) is 3.61. The molecule has 1 aromatic heterocycles. The molecular weight excluding hydrogens is 238 g/mol. The Kier molecular flexibility index (Phi) is 2.92. The summed E-state index contributed by atoms with van der Waals surface area (Å²) in [5, 5.41) is 0. The van der Waals surface area contributed by atoms with Crippen molar-refractivity contribution in [1.82, 2.24) is 4.98 Å². The van der Waals surface area contributed by atoms with Gasteiger partial charge in [0.1, 0.15) is 11.3 Å². The first-order valence-corrected chi connectivity index (χ1v) is 6.93. The predicted molar refractivity (Wildman–Crippen MR) is 73.8 cm³/mol. The van der Waals surface area contributed by atoms with E-state index in [9.17, 15) is 4.79 Å². The summed E-state index contributed by atoms with van der Waals surface area (Å²) in [5.41, 5.74) is 1.72. The normalized spacial score (nSPS) is 21.9. The van der Waals surface area contributed by atoms with Crippen LogP contribution in [0.3, 0.4) is 0 Å². The molecule has 1 fully saturated rings. The smallest absolute Gasteiger partial charge is 0.202 e. The average molecular weight is 257 g/mol. The van der Waals surface area contributed by atoms with E-state index in [4.69, 9.17) is 4.42 Å². The van der Waals surface area contributed by atoms with Crippen molar-refractivity contribution in [3.05, 3.63) is 30.2 Å². The van der Waals surface area contributed by atoms with E-state index in [2.05, 4.69) is 18.8 Å². The van der Waals surface area contributed by atoms with Crippen LogP contribution in [0.2, 0.25) is 0 Å². The van der Waals surface area contributed by atoms with E-state index in [1.54, 1.807) is 0 Å². The summed E-state index contributed by atoms with van der Waals surface area (Å²) in [6.45, 7) is 4.38. The Balaban J connectivity index is 1.79. The molecule has 1 atom stereocenters. The van der Waals surface area contributed by atoms with Crippen LogP contribution in [-0.2, 0) is 11.2 Å². The quantitative estimate of drug-likeness (QED) is 0.840. The fourth-order valence-corrected chi connectivity index (χ4v) is 3.19. The monoisotopic (exact) mass is 257 g/mol. The first-order valence-electron chi connectivity index (χ1n) is 6.93. The molecule has 3 nitrogen and oxygen atoms in total. The van der Waals surface area contributed by atoms with Gasteiger partial charge >= 0.3 is 0 Å². The second kappa shape index (κ2) is 4.48. The molecule has 0 radical (unpaired) electrons. The highest BCUT2D eigenvalue weighted by atomic mass is 16.3. The van der Waals surface area contributed by atoms with Crippen LogP contribution >= 0.6 is 0 Å². The Bertz CT molecular complexity index is 579. The zero-order valence-corrected chi connectivity index (χ0v) is 11.5. The van der Waals surface area contributed by atoms with Gasteiger partial charge in [0.25, 0.3) is 0 Å². The number of nitrogens with zero attached hydrogens (tertiary/aromatic N) is 1. The molecular formula is C16H19NO2. The molecule has 1 unspecified atom stereocenters. The highest BCUT2D eigenvalue weighted by Gasteiger charge is 2.39. The highest BCUT2D eigenvalue weighted by Crippen LogP contribution is 2.43. The number of ketones is 1. The minimum atomic E-state index is 0.128. The topological polar surface area (TPSA) is 43.1 Å². The lowest BCUT2D eigenvalue weighted by Gasteiger charge is -2.25. The number of hydrogen-bond donors (Lipinski definition) is 0. The van der Waals surface area contributed by atoms with E-state index in [0.29, 0.717) is 12.3 Å². The summed E-state index contributed by atoms with van der Waals surface area (Å²) < 4.78 is 5.63. The molecule has 3 heteroatoms. The third-order valence-electron chi connectivity index (χ3n) is 4.31. The molecule has 100 valence electrons. The number of para-hydroxylation sites is 2. The molecule has 3 rings (SSSR count). The van der Waals surface area contributed by atoms with Crippen LogP contribution in [0.4, 0.5) is 0 Å². The summed E-state index contributed by atoms with van der Waals surface area (Å²) >= 11 is 0. The number of benzene rings is 1. The van der Waals surface area contributed by atoms with Gasteiger partial charge in [-0.1, -0.05) is 32.4 Å². The maximum absolute atomic E-state index is 12.4. The number of rotatable bonds is 3. The van der Waals surface area contributed by atoms with Gasteiger partial charge in [0.2, 0.25) is 5.89 Å². The largest absolute Gasteiger partial charge is 0.440 e. The fraction of sp³-hybridized carbons (Fsp3) is 0.500. The van der Waals surface area contributed by atoms with Crippen molar-refractivity contribution >= 4 is 16.9 Å². The number of aromatic nitrogens is 1. The second-order valence-corrected chi connectivity index (χ2v) is 6.15. The molecule has 1 aliphatic carbocycles. The van der Waals surface area contributed by atoms with E-state index in [0.717, 1.165) is 30.4 Å². The van der Waals surface area contributed by atoms with Crippen LogP contribution in [0.25, 0.3) is 11.1 Å². The van der Waals surface area contributed by atoms with Crippen molar-refractivity contribution < 1.29 is 9.21 Å². The van der Waals surface area contributed by atoms with E-state index >= 15 is 0 Å². The SMILES string of the molecule is CC1(C)CCCC1C(=O)Cc1nc2ccccc2o1. The Morgan fingerprint density at radius 3 is 2.89 bits per heavy atom. The fourth-order valence-electron chi connectivity index (χ4n) is 3.19.